The van der Waals surface area contributed by atoms with Crippen molar-refractivity contribution in [3.63, 3.8) is 0 Å². The van der Waals surface area contributed by atoms with E-state index in [4.69, 9.17) is 18.9 Å². The van der Waals surface area contributed by atoms with Crippen LogP contribution >= 0.6 is 0 Å². The highest BCUT2D eigenvalue weighted by Gasteiger charge is 2.28. The molecule has 3 aromatic carbocycles. The number of ether oxygens (including phenoxy) is 4. The molecule has 0 N–H and O–H groups in total. The summed E-state index contributed by atoms with van der Waals surface area (Å²) >= 11 is 0. The standard InChI is InChI=1S/C24H20O5/c1-26-18-9-7-16(8-10-18)15-28-19-11-12-20-22(14-19)29-23(24(20)25)13-17-5-3-4-6-21(17)27-2/h3-14H,15H2,1-2H3/b23-13+. The molecule has 0 aromatic heterocycles. The first-order valence-electron chi connectivity index (χ1n) is 9.15. The Bertz CT molecular complexity index is 1070. The van der Waals surface area contributed by atoms with Crippen LogP contribution in [0.3, 0.4) is 0 Å². The van der Waals surface area contributed by atoms with Gasteiger partial charge in [0.2, 0.25) is 5.78 Å². The fraction of sp³-hybridized carbons (Fsp3) is 0.125. The molecule has 1 aliphatic rings. The minimum Gasteiger partial charge on any atom is -0.497 e. The van der Waals surface area contributed by atoms with E-state index in [0.717, 1.165) is 16.9 Å². The molecule has 0 amide bonds. The number of hydrogen-bond donors (Lipinski definition) is 0. The van der Waals surface area contributed by atoms with Gasteiger partial charge in [-0.1, -0.05) is 30.3 Å². The van der Waals surface area contributed by atoms with Crippen LogP contribution in [0.15, 0.2) is 72.5 Å². The second-order valence-electron chi connectivity index (χ2n) is 6.48. The van der Waals surface area contributed by atoms with Crippen LogP contribution in [-0.4, -0.2) is 20.0 Å². The average Bonchev–Trinajstić information content (AvgIpc) is 3.07. The molecule has 3 aromatic rings. The third-order valence-corrected chi connectivity index (χ3v) is 4.63. The lowest BCUT2D eigenvalue weighted by Gasteiger charge is -2.08. The Kier molecular flexibility index (Phi) is 5.20. The molecule has 1 heterocycles. The van der Waals surface area contributed by atoms with Crippen molar-refractivity contribution in [1.82, 2.24) is 0 Å². The predicted molar refractivity (Wildman–Crippen MR) is 110 cm³/mol. The first-order chi connectivity index (χ1) is 14.2. The first kappa shape index (κ1) is 18.6. The normalized spacial score (nSPS) is 13.7. The maximum atomic E-state index is 12.7. The van der Waals surface area contributed by atoms with Crippen LogP contribution in [0.4, 0.5) is 0 Å². The van der Waals surface area contributed by atoms with E-state index >= 15 is 0 Å². The molecular weight excluding hydrogens is 368 g/mol. The minimum atomic E-state index is -0.160. The van der Waals surface area contributed by atoms with Gasteiger partial charge in [-0.05, 0) is 42.0 Å². The topological polar surface area (TPSA) is 54.0 Å². The van der Waals surface area contributed by atoms with E-state index in [9.17, 15) is 4.79 Å². The average molecular weight is 388 g/mol. The van der Waals surface area contributed by atoms with Gasteiger partial charge in [0.25, 0.3) is 0 Å². The highest BCUT2D eigenvalue weighted by molar-refractivity contribution is 6.14. The summed E-state index contributed by atoms with van der Waals surface area (Å²) in [6.07, 6.45) is 1.69. The summed E-state index contributed by atoms with van der Waals surface area (Å²) < 4.78 is 22.1. The highest BCUT2D eigenvalue weighted by atomic mass is 16.5. The molecule has 29 heavy (non-hydrogen) atoms. The van der Waals surface area contributed by atoms with Crippen molar-refractivity contribution < 1.29 is 23.7 Å². The zero-order valence-corrected chi connectivity index (χ0v) is 16.2. The highest BCUT2D eigenvalue weighted by Crippen LogP contribution is 2.36. The molecule has 146 valence electrons. The van der Waals surface area contributed by atoms with Gasteiger partial charge in [0, 0.05) is 11.6 Å². The quantitative estimate of drug-likeness (QED) is 0.562. The third-order valence-electron chi connectivity index (χ3n) is 4.63. The summed E-state index contributed by atoms with van der Waals surface area (Å²) in [7, 11) is 3.23. The number of benzene rings is 3. The van der Waals surface area contributed by atoms with Gasteiger partial charge >= 0.3 is 0 Å². The zero-order chi connectivity index (χ0) is 20.2. The maximum absolute atomic E-state index is 12.7. The van der Waals surface area contributed by atoms with Crippen molar-refractivity contribution in [1.29, 1.82) is 0 Å². The fourth-order valence-electron chi connectivity index (χ4n) is 3.07. The minimum absolute atomic E-state index is 0.160. The number of ketones is 1. The maximum Gasteiger partial charge on any atom is 0.231 e. The molecule has 0 bridgehead atoms. The SMILES string of the molecule is COc1ccc(COc2ccc3c(c2)O/C(=C/c2ccccc2OC)C3=O)cc1. The van der Waals surface area contributed by atoms with Gasteiger partial charge in [0.15, 0.2) is 5.76 Å². The van der Waals surface area contributed by atoms with Gasteiger partial charge in [-0.25, -0.2) is 0 Å². The number of para-hydroxylation sites is 1. The molecule has 0 saturated heterocycles. The molecule has 0 unspecified atom stereocenters. The Morgan fingerprint density at radius 1 is 0.897 bits per heavy atom. The molecule has 0 saturated carbocycles. The van der Waals surface area contributed by atoms with Gasteiger partial charge in [-0.15, -0.1) is 0 Å². The number of rotatable bonds is 6. The summed E-state index contributed by atoms with van der Waals surface area (Å²) in [6, 6.07) is 20.4. The second kappa shape index (κ2) is 8.10. The molecule has 0 aliphatic carbocycles. The molecule has 0 fully saturated rings. The Labute approximate surface area is 169 Å². The fourth-order valence-corrected chi connectivity index (χ4v) is 3.07. The van der Waals surface area contributed by atoms with Gasteiger partial charge < -0.3 is 18.9 Å². The molecule has 5 heteroatoms. The Balaban J connectivity index is 1.50. The summed E-state index contributed by atoms with van der Waals surface area (Å²) in [5, 5.41) is 0. The number of hydrogen-bond acceptors (Lipinski definition) is 5. The van der Waals surface area contributed by atoms with E-state index in [-0.39, 0.29) is 11.5 Å². The summed E-state index contributed by atoms with van der Waals surface area (Å²) in [5.74, 6) is 2.70. The number of carbonyl (C=O) groups is 1. The first-order valence-corrected chi connectivity index (χ1v) is 9.15. The molecule has 5 nitrogen and oxygen atoms in total. The summed E-state index contributed by atoms with van der Waals surface area (Å²) in [5.41, 5.74) is 2.31. The van der Waals surface area contributed by atoms with Gasteiger partial charge in [-0.3, -0.25) is 4.79 Å². The lowest BCUT2D eigenvalue weighted by molar-refractivity contribution is 0.101. The molecule has 1 aliphatic heterocycles. The van der Waals surface area contributed by atoms with Gasteiger partial charge in [0.05, 0.1) is 19.8 Å². The predicted octanol–water partition coefficient (Wildman–Crippen LogP) is 4.90. The van der Waals surface area contributed by atoms with Crippen LogP contribution in [-0.2, 0) is 6.61 Å². The Hall–Kier alpha value is -3.73. The van der Waals surface area contributed by atoms with Crippen LogP contribution in [0.5, 0.6) is 23.0 Å². The van der Waals surface area contributed by atoms with E-state index in [0.29, 0.717) is 29.4 Å². The summed E-state index contributed by atoms with van der Waals surface area (Å²) in [4.78, 5) is 12.7. The van der Waals surface area contributed by atoms with Crippen molar-refractivity contribution in [3.05, 3.63) is 89.2 Å². The van der Waals surface area contributed by atoms with Crippen molar-refractivity contribution in [2.24, 2.45) is 0 Å². The largest absolute Gasteiger partial charge is 0.497 e. The number of fused-ring (bicyclic) bond motifs is 1. The van der Waals surface area contributed by atoms with Crippen molar-refractivity contribution in [3.8, 4) is 23.0 Å². The number of allylic oxidation sites excluding steroid dienone is 1. The van der Waals surface area contributed by atoms with Crippen LogP contribution < -0.4 is 18.9 Å². The third kappa shape index (κ3) is 3.94. The number of methoxy groups -OCH3 is 2. The number of carbonyl (C=O) groups excluding carboxylic acids is 1. The number of Topliss-reactive ketones (excluding diaryl/α,β-unsaturated/α-hetero) is 1. The molecule has 4 rings (SSSR count). The smallest absolute Gasteiger partial charge is 0.231 e. The summed E-state index contributed by atoms with van der Waals surface area (Å²) in [6.45, 7) is 0.403. The van der Waals surface area contributed by atoms with Crippen LogP contribution in [0.25, 0.3) is 6.08 Å². The van der Waals surface area contributed by atoms with E-state index in [1.54, 1.807) is 38.5 Å². The van der Waals surface area contributed by atoms with E-state index in [1.165, 1.54) is 0 Å². The van der Waals surface area contributed by atoms with Gasteiger partial charge in [0.1, 0.15) is 29.6 Å². The molecule has 0 radical (unpaired) electrons. The van der Waals surface area contributed by atoms with E-state index in [1.807, 2.05) is 48.5 Å². The second-order valence-corrected chi connectivity index (χ2v) is 6.48. The van der Waals surface area contributed by atoms with Crippen LogP contribution in [0.1, 0.15) is 21.5 Å². The van der Waals surface area contributed by atoms with E-state index in [2.05, 4.69) is 0 Å². The Morgan fingerprint density at radius 3 is 2.41 bits per heavy atom. The monoisotopic (exact) mass is 388 g/mol. The molecular formula is C24H20O5. The van der Waals surface area contributed by atoms with Crippen LogP contribution in [0, 0.1) is 0 Å². The van der Waals surface area contributed by atoms with Crippen LogP contribution in [0.2, 0.25) is 0 Å². The van der Waals surface area contributed by atoms with Crippen molar-refractivity contribution in [2.45, 2.75) is 6.61 Å². The van der Waals surface area contributed by atoms with Gasteiger partial charge in [-0.2, -0.15) is 0 Å². The lowest BCUT2D eigenvalue weighted by atomic mass is 10.1. The molecule has 0 spiro atoms. The molecule has 0 atom stereocenters. The van der Waals surface area contributed by atoms with E-state index < -0.39 is 0 Å². The zero-order valence-electron chi connectivity index (χ0n) is 16.2. The van der Waals surface area contributed by atoms with Crippen molar-refractivity contribution >= 4 is 11.9 Å². The lowest BCUT2D eigenvalue weighted by Crippen LogP contribution is -1.98. The Morgan fingerprint density at radius 2 is 1.66 bits per heavy atom. The van der Waals surface area contributed by atoms with Crippen molar-refractivity contribution in [2.75, 3.05) is 14.2 Å².